The summed E-state index contributed by atoms with van der Waals surface area (Å²) in [6.45, 7) is 8.39. The van der Waals surface area contributed by atoms with Gasteiger partial charge in [0.25, 0.3) is 0 Å². The van der Waals surface area contributed by atoms with Crippen LogP contribution in [0, 0.1) is 0 Å². The predicted octanol–water partition coefficient (Wildman–Crippen LogP) is 6.36. The topological polar surface area (TPSA) is 126 Å². The average molecular weight is 761 g/mol. The summed E-state index contributed by atoms with van der Waals surface area (Å²) >= 11 is -0.0291. The number of hydrogen-bond donors (Lipinski definition) is 1. The molecule has 0 amide bonds. The summed E-state index contributed by atoms with van der Waals surface area (Å²) in [5.74, 6) is -1.98. The summed E-state index contributed by atoms with van der Waals surface area (Å²) < 4.78 is 42.3. The molecule has 2 saturated heterocycles. The highest BCUT2D eigenvalue weighted by atomic mass is 32.2. The highest BCUT2D eigenvalue weighted by molar-refractivity contribution is 8.00. The Morgan fingerprint density at radius 1 is 0.755 bits per heavy atom. The lowest BCUT2D eigenvalue weighted by Gasteiger charge is -2.47. The Hall–Kier alpha value is -3.65. The molecule has 282 valence electrons. The molecule has 2 unspecified atom stereocenters. The van der Waals surface area contributed by atoms with Gasteiger partial charge in [-0.3, -0.25) is 0 Å². The van der Waals surface area contributed by atoms with Crippen molar-refractivity contribution in [2.75, 3.05) is 19.6 Å². The quantitative estimate of drug-likeness (QED) is 0.108. The summed E-state index contributed by atoms with van der Waals surface area (Å²) in [5, 5.41) is 0.0371. The molecule has 6 rings (SSSR count). The van der Waals surface area contributed by atoms with Gasteiger partial charge in [0.2, 0.25) is 0 Å². The van der Waals surface area contributed by atoms with Gasteiger partial charge in [0.15, 0.2) is 18.3 Å². The van der Waals surface area contributed by atoms with Gasteiger partial charge in [0.05, 0.1) is 22.7 Å². The molecule has 3 aliphatic rings. The van der Waals surface area contributed by atoms with Crippen LogP contribution >= 0.6 is 11.8 Å². The lowest BCUT2D eigenvalue weighted by atomic mass is 9.92. The number of benzene rings is 3. The zero-order valence-corrected chi connectivity index (χ0v) is 32.0. The maximum absolute atomic E-state index is 14.0. The number of fused-ring (bicyclic) bond motifs is 2. The fraction of sp³-hybridized carbons (Fsp3) is 0.439. The van der Waals surface area contributed by atoms with Gasteiger partial charge in [-0.2, -0.15) is 0 Å². The molecular formula is C41H48N2O8S2. The number of thioether (sulfide) groups is 1. The summed E-state index contributed by atoms with van der Waals surface area (Å²) in [6, 6.07) is 24.9. The Morgan fingerprint density at radius 3 is 1.74 bits per heavy atom. The largest absolute Gasteiger partial charge is 0.598 e. The van der Waals surface area contributed by atoms with Gasteiger partial charge in [-0.15, -0.1) is 16.5 Å². The lowest BCUT2D eigenvalue weighted by molar-refractivity contribution is -0.205. The number of hydrogen-bond acceptors (Lipinski definition) is 11. The van der Waals surface area contributed by atoms with Crippen LogP contribution in [0.4, 0.5) is 0 Å². The fourth-order valence-corrected chi connectivity index (χ4v) is 8.95. The van der Waals surface area contributed by atoms with Gasteiger partial charge in [0.1, 0.15) is 16.3 Å². The molecule has 2 fully saturated rings. The van der Waals surface area contributed by atoms with E-state index in [0.717, 1.165) is 32.5 Å². The molecule has 12 heteroatoms. The van der Waals surface area contributed by atoms with E-state index in [0.29, 0.717) is 18.4 Å². The Labute approximate surface area is 319 Å². The van der Waals surface area contributed by atoms with E-state index in [4.69, 9.17) is 18.9 Å². The minimum Gasteiger partial charge on any atom is -0.598 e. The summed E-state index contributed by atoms with van der Waals surface area (Å²) in [7, 11) is 0. The molecule has 0 saturated carbocycles. The number of nitrogens with zero attached hydrogens (tertiary/aromatic N) is 1. The van der Waals surface area contributed by atoms with Gasteiger partial charge in [0, 0.05) is 23.2 Å². The average Bonchev–Trinajstić information content (AvgIpc) is 3.68. The van der Waals surface area contributed by atoms with E-state index in [1.807, 2.05) is 26.8 Å². The summed E-state index contributed by atoms with van der Waals surface area (Å²) in [5.41, 5.74) is 0.0187. The second-order valence-electron chi connectivity index (χ2n) is 14.5. The van der Waals surface area contributed by atoms with Crippen LogP contribution in [0.15, 0.2) is 103 Å². The van der Waals surface area contributed by atoms with Crippen LogP contribution in [0.2, 0.25) is 0 Å². The molecule has 0 radical (unpaired) electrons. The van der Waals surface area contributed by atoms with E-state index in [1.165, 1.54) is 11.8 Å². The van der Waals surface area contributed by atoms with Crippen LogP contribution in [0.3, 0.4) is 0 Å². The Balaban J connectivity index is 1.46. The van der Waals surface area contributed by atoms with Gasteiger partial charge in [-0.05, 0) is 95.9 Å². The molecule has 53 heavy (non-hydrogen) atoms. The van der Waals surface area contributed by atoms with Crippen molar-refractivity contribution in [3.8, 4) is 0 Å². The molecular weight excluding hydrogens is 713 g/mol. The van der Waals surface area contributed by atoms with Crippen LogP contribution in [-0.2, 0) is 30.3 Å². The number of likely N-dealkylation sites (tertiary alicyclic amines) is 1. The normalized spacial score (nSPS) is 27.0. The maximum Gasteiger partial charge on any atom is 0.338 e. The van der Waals surface area contributed by atoms with E-state index in [9.17, 15) is 18.9 Å². The first-order valence-corrected chi connectivity index (χ1v) is 20.3. The molecule has 0 spiro atoms. The second kappa shape index (κ2) is 18.1. The minimum atomic E-state index is -1.55. The number of carbonyl (C=O) groups excluding carboxylic acids is 3. The van der Waals surface area contributed by atoms with Crippen molar-refractivity contribution >= 4 is 41.0 Å². The third-order valence-electron chi connectivity index (χ3n) is 9.44. The molecule has 0 aliphatic carbocycles. The fourth-order valence-electron chi connectivity index (χ4n) is 6.63. The maximum atomic E-state index is 14.0. The van der Waals surface area contributed by atoms with Crippen LogP contribution in [0.5, 0.6) is 0 Å². The first-order chi connectivity index (χ1) is 25.6. The number of esters is 3. The van der Waals surface area contributed by atoms with Crippen LogP contribution < -0.4 is 4.72 Å². The Kier molecular flexibility index (Phi) is 13.4. The monoisotopic (exact) mass is 760 g/mol. The molecule has 3 aromatic carbocycles. The minimum absolute atomic E-state index is 0.0371. The van der Waals surface area contributed by atoms with Gasteiger partial charge in [-0.25, -0.2) is 14.4 Å². The smallest absolute Gasteiger partial charge is 0.338 e. The standard InChI is InChI=1S/C41H48N2O8S2/c1-41(2,3)53(47)42-32-24-14-13-23-31(27-43-25-15-16-26-43)52-40-36(50-39(46)30-21-11-6-12-22-30)35(49-38(45)29-19-9-5-10-20-29)34(33(32)51-40)48-37(44)28-17-7-4-8-18-28/h4-14,17-22,31-36,40,42H,15-16,23-27H2,1-3H3/t31?,32-,33-,34+,35+,36-,40-,53?/m1/s1. The van der Waals surface area contributed by atoms with Crippen LogP contribution in [-0.4, -0.2) is 92.9 Å². The zero-order valence-electron chi connectivity index (χ0n) is 30.3. The van der Waals surface area contributed by atoms with Crippen molar-refractivity contribution < 1.29 is 37.9 Å². The van der Waals surface area contributed by atoms with E-state index in [2.05, 4.69) is 15.7 Å². The van der Waals surface area contributed by atoms with Crippen LogP contribution in [0.25, 0.3) is 0 Å². The number of rotatable bonds is 10. The number of ether oxygens (including phenoxy) is 4. The summed E-state index contributed by atoms with van der Waals surface area (Å²) in [6.07, 6.45) is 2.79. The Morgan fingerprint density at radius 2 is 1.23 bits per heavy atom. The molecule has 2 bridgehead atoms. The molecule has 0 aromatic heterocycles. The number of carbonyl (C=O) groups is 3. The molecule has 10 nitrogen and oxygen atoms in total. The van der Waals surface area contributed by atoms with E-state index < -0.39 is 69.9 Å². The first kappa shape index (κ1) is 39.1. The van der Waals surface area contributed by atoms with Gasteiger partial charge < -0.3 is 28.4 Å². The van der Waals surface area contributed by atoms with Crippen molar-refractivity contribution in [2.45, 2.75) is 92.3 Å². The second-order valence-corrected chi connectivity index (χ2v) is 17.9. The SMILES string of the molecule is CC(C)(C)[S+]([O-])N[C@@H]1CC=CCC(CN2CCCC2)S[C@H]2O[C@H]1[C@H](OC(=O)c1ccccc1)[C@H](OC(=O)c1ccccc1)[C@H]2OC(=O)c1ccccc1. The molecule has 3 aliphatic heterocycles. The molecule has 1 N–H and O–H groups in total. The van der Waals surface area contributed by atoms with E-state index >= 15 is 0 Å². The first-order valence-electron chi connectivity index (χ1n) is 18.2. The van der Waals surface area contributed by atoms with Crippen molar-refractivity contribution in [1.82, 2.24) is 9.62 Å². The van der Waals surface area contributed by atoms with Crippen LogP contribution in [0.1, 0.15) is 77.5 Å². The lowest BCUT2D eigenvalue weighted by Crippen LogP contribution is -2.66. The van der Waals surface area contributed by atoms with Gasteiger partial charge in [-0.1, -0.05) is 66.7 Å². The van der Waals surface area contributed by atoms with E-state index in [1.54, 1.807) is 91.0 Å². The number of allylic oxidation sites excluding steroid dienone is 1. The highest BCUT2D eigenvalue weighted by Crippen LogP contribution is 2.40. The highest BCUT2D eigenvalue weighted by Gasteiger charge is 2.56. The predicted molar refractivity (Wildman–Crippen MR) is 206 cm³/mol. The van der Waals surface area contributed by atoms with E-state index in [-0.39, 0.29) is 16.4 Å². The van der Waals surface area contributed by atoms with Crippen molar-refractivity contribution in [3.05, 3.63) is 120 Å². The van der Waals surface area contributed by atoms with Gasteiger partial charge >= 0.3 is 17.9 Å². The molecule has 8 atom stereocenters. The van der Waals surface area contributed by atoms with Crippen molar-refractivity contribution in [1.29, 1.82) is 0 Å². The Bertz CT molecular complexity index is 1680. The molecule has 3 heterocycles. The number of nitrogens with one attached hydrogen (secondary N) is 1. The van der Waals surface area contributed by atoms with Crippen molar-refractivity contribution in [2.24, 2.45) is 0 Å². The third-order valence-corrected chi connectivity index (χ3v) is 12.4. The molecule has 3 aromatic rings. The summed E-state index contributed by atoms with van der Waals surface area (Å²) in [4.78, 5) is 44.2. The third kappa shape index (κ3) is 10.3. The van der Waals surface area contributed by atoms with Crippen molar-refractivity contribution in [3.63, 3.8) is 0 Å². The zero-order chi connectivity index (χ0) is 37.4.